The average Bonchev–Trinajstić information content (AvgIpc) is 2.97. The van der Waals surface area contributed by atoms with Gasteiger partial charge in [0.25, 0.3) is 23.6 Å². The van der Waals surface area contributed by atoms with Gasteiger partial charge in [0, 0.05) is 24.3 Å². The summed E-state index contributed by atoms with van der Waals surface area (Å²) >= 11 is 0. The molecule has 0 fully saturated rings. The number of rotatable bonds is 6. The van der Waals surface area contributed by atoms with Crippen molar-refractivity contribution in [2.24, 2.45) is 0 Å². The molecule has 8 heteroatoms. The zero-order chi connectivity index (χ0) is 16.3. The second kappa shape index (κ2) is 6.33. The highest BCUT2D eigenvalue weighted by molar-refractivity contribution is 6.15. The smallest absolute Gasteiger partial charge is 0.327 e. The van der Waals surface area contributed by atoms with Crippen LogP contribution in [0, 0.1) is 0 Å². The highest BCUT2D eigenvalue weighted by atomic mass is 16.7. The van der Waals surface area contributed by atoms with Gasteiger partial charge in [-0.05, 0) is 6.42 Å². The molecule has 1 unspecified atom stereocenters. The Labute approximate surface area is 125 Å². The SMILES string of the molecule is CCCCC(C(=O)ON1C(=O)C=CC1=O)N1C(=O)C=CC1=O. The summed E-state index contributed by atoms with van der Waals surface area (Å²) in [5, 5.41) is 0.305. The summed E-state index contributed by atoms with van der Waals surface area (Å²) < 4.78 is 0. The number of nitrogens with zero attached hydrogens (tertiary/aromatic N) is 2. The third kappa shape index (κ3) is 2.95. The Morgan fingerprint density at radius 1 is 1.00 bits per heavy atom. The topological polar surface area (TPSA) is 101 Å². The molecule has 0 N–H and O–H groups in total. The van der Waals surface area contributed by atoms with E-state index in [1.807, 2.05) is 6.92 Å². The molecule has 22 heavy (non-hydrogen) atoms. The van der Waals surface area contributed by atoms with E-state index < -0.39 is 35.6 Å². The molecule has 0 aromatic rings. The Kier molecular flexibility index (Phi) is 4.50. The fourth-order valence-corrected chi connectivity index (χ4v) is 2.10. The van der Waals surface area contributed by atoms with Gasteiger partial charge in [0.2, 0.25) is 0 Å². The van der Waals surface area contributed by atoms with E-state index in [1.165, 1.54) is 0 Å². The molecule has 0 saturated heterocycles. The quantitative estimate of drug-likeness (QED) is 0.633. The van der Waals surface area contributed by atoms with E-state index in [1.54, 1.807) is 0 Å². The molecule has 2 aliphatic rings. The highest BCUT2D eigenvalue weighted by Crippen LogP contribution is 2.17. The van der Waals surface area contributed by atoms with Gasteiger partial charge in [-0.25, -0.2) is 4.79 Å². The van der Waals surface area contributed by atoms with Gasteiger partial charge in [0.1, 0.15) is 6.04 Å². The first-order valence-electron chi connectivity index (χ1n) is 6.79. The minimum atomic E-state index is -1.17. The fourth-order valence-electron chi connectivity index (χ4n) is 2.10. The van der Waals surface area contributed by atoms with Gasteiger partial charge in [0.05, 0.1) is 0 Å². The molecule has 116 valence electrons. The van der Waals surface area contributed by atoms with Crippen LogP contribution in [0.2, 0.25) is 0 Å². The first kappa shape index (κ1) is 15.6. The zero-order valence-electron chi connectivity index (χ0n) is 11.9. The lowest BCUT2D eigenvalue weighted by Gasteiger charge is -2.25. The van der Waals surface area contributed by atoms with Crippen molar-refractivity contribution < 1.29 is 28.8 Å². The predicted molar refractivity (Wildman–Crippen MR) is 71.4 cm³/mol. The van der Waals surface area contributed by atoms with Crippen molar-refractivity contribution in [1.29, 1.82) is 0 Å². The van der Waals surface area contributed by atoms with Crippen LogP contribution in [-0.4, -0.2) is 45.6 Å². The minimum Gasteiger partial charge on any atom is -0.327 e. The van der Waals surface area contributed by atoms with Crippen LogP contribution < -0.4 is 0 Å². The minimum absolute atomic E-state index is 0.193. The molecule has 0 aromatic heterocycles. The number of amides is 4. The average molecular weight is 306 g/mol. The largest absolute Gasteiger partial charge is 0.355 e. The van der Waals surface area contributed by atoms with E-state index in [9.17, 15) is 24.0 Å². The molecule has 0 saturated carbocycles. The van der Waals surface area contributed by atoms with Crippen molar-refractivity contribution in [1.82, 2.24) is 9.96 Å². The van der Waals surface area contributed by atoms with Crippen molar-refractivity contribution >= 4 is 29.6 Å². The standard InChI is InChI=1S/C14H14N2O6/c1-2-3-4-9(15-10(17)5-6-11(15)18)14(21)22-16-12(19)7-8-13(16)20/h5-9H,2-4H2,1H3. The number of hydroxylamine groups is 2. The normalized spacial score (nSPS) is 18.6. The molecule has 2 aliphatic heterocycles. The van der Waals surface area contributed by atoms with Gasteiger partial charge in [-0.1, -0.05) is 24.8 Å². The van der Waals surface area contributed by atoms with Gasteiger partial charge < -0.3 is 4.84 Å². The zero-order valence-corrected chi connectivity index (χ0v) is 11.9. The second-order valence-electron chi connectivity index (χ2n) is 4.75. The Bertz CT molecular complexity index is 570. The first-order chi connectivity index (χ1) is 10.5. The van der Waals surface area contributed by atoms with Crippen LogP contribution in [-0.2, 0) is 28.8 Å². The number of hydrogen-bond acceptors (Lipinski definition) is 6. The number of carbonyl (C=O) groups is 5. The van der Waals surface area contributed by atoms with Gasteiger partial charge in [0.15, 0.2) is 0 Å². The van der Waals surface area contributed by atoms with E-state index in [0.29, 0.717) is 11.5 Å². The van der Waals surface area contributed by atoms with Gasteiger partial charge in [-0.3, -0.25) is 24.1 Å². The van der Waals surface area contributed by atoms with E-state index in [0.717, 1.165) is 35.6 Å². The van der Waals surface area contributed by atoms with Crippen LogP contribution in [0.1, 0.15) is 26.2 Å². The van der Waals surface area contributed by atoms with E-state index in [-0.39, 0.29) is 6.42 Å². The number of carbonyl (C=O) groups excluding carboxylic acids is 5. The maximum Gasteiger partial charge on any atom is 0.355 e. The molecule has 1 atom stereocenters. The molecule has 0 aromatic carbocycles. The molecule has 2 rings (SSSR count). The van der Waals surface area contributed by atoms with Crippen molar-refractivity contribution in [3.8, 4) is 0 Å². The maximum absolute atomic E-state index is 12.2. The summed E-state index contributed by atoms with van der Waals surface area (Å²) in [7, 11) is 0. The van der Waals surface area contributed by atoms with Crippen molar-refractivity contribution in [2.75, 3.05) is 0 Å². The molecular formula is C14H14N2O6. The summed E-state index contributed by atoms with van der Waals surface area (Å²) in [6, 6.07) is -1.17. The van der Waals surface area contributed by atoms with Gasteiger partial charge in [-0.15, -0.1) is 0 Å². The first-order valence-corrected chi connectivity index (χ1v) is 6.79. The molecule has 4 amide bonds. The summed E-state index contributed by atoms with van der Waals surface area (Å²) in [5.74, 6) is -3.82. The summed E-state index contributed by atoms with van der Waals surface area (Å²) in [4.78, 5) is 63.9. The lowest BCUT2D eigenvalue weighted by atomic mass is 10.1. The monoisotopic (exact) mass is 306 g/mol. The third-order valence-electron chi connectivity index (χ3n) is 3.21. The van der Waals surface area contributed by atoms with Crippen LogP contribution in [0.3, 0.4) is 0 Å². The predicted octanol–water partition coefficient (Wildman–Crippen LogP) is -0.147. The summed E-state index contributed by atoms with van der Waals surface area (Å²) in [6.07, 6.45) is 5.53. The van der Waals surface area contributed by atoms with Crippen molar-refractivity contribution in [3.05, 3.63) is 24.3 Å². The van der Waals surface area contributed by atoms with Gasteiger partial charge >= 0.3 is 5.97 Å². The van der Waals surface area contributed by atoms with Gasteiger partial charge in [-0.2, -0.15) is 0 Å². The molecule has 2 heterocycles. The number of hydrogen-bond donors (Lipinski definition) is 0. The van der Waals surface area contributed by atoms with E-state index >= 15 is 0 Å². The van der Waals surface area contributed by atoms with E-state index in [2.05, 4.69) is 0 Å². The third-order valence-corrected chi connectivity index (χ3v) is 3.21. The lowest BCUT2D eigenvalue weighted by molar-refractivity contribution is -0.200. The molecule has 0 radical (unpaired) electrons. The maximum atomic E-state index is 12.2. The van der Waals surface area contributed by atoms with Crippen molar-refractivity contribution in [2.45, 2.75) is 32.2 Å². The summed E-state index contributed by atoms with van der Waals surface area (Å²) in [6.45, 7) is 1.88. The van der Waals surface area contributed by atoms with Crippen LogP contribution in [0.5, 0.6) is 0 Å². The molecular weight excluding hydrogens is 292 g/mol. The van der Waals surface area contributed by atoms with Crippen LogP contribution in [0.15, 0.2) is 24.3 Å². The molecule has 0 bridgehead atoms. The second-order valence-corrected chi connectivity index (χ2v) is 4.75. The van der Waals surface area contributed by atoms with Crippen LogP contribution >= 0.6 is 0 Å². The fraction of sp³-hybridized carbons (Fsp3) is 0.357. The molecule has 0 spiro atoms. The Balaban J connectivity index is 2.13. The highest BCUT2D eigenvalue weighted by Gasteiger charge is 2.39. The number of unbranched alkanes of at least 4 members (excludes halogenated alkanes) is 1. The Morgan fingerprint density at radius 2 is 1.50 bits per heavy atom. The van der Waals surface area contributed by atoms with Crippen LogP contribution in [0.25, 0.3) is 0 Å². The molecule has 0 aliphatic carbocycles. The van der Waals surface area contributed by atoms with Crippen molar-refractivity contribution in [3.63, 3.8) is 0 Å². The van der Waals surface area contributed by atoms with E-state index in [4.69, 9.17) is 4.84 Å². The van der Waals surface area contributed by atoms with Crippen LogP contribution in [0.4, 0.5) is 0 Å². The molecule has 8 nitrogen and oxygen atoms in total. The number of imide groups is 2. The Hall–Kier alpha value is -2.77. The lowest BCUT2D eigenvalue weighted by Crippen LogP contribution is -2.48. The Morgan fingerprint density at radius 3 is 2.00 bits per heavy atom. The summed E-state index contributed by atoms with van der Waals surface area (Å²) in [5.41, 5.74) is 0.